The van der Waals surface area contributed by atoms with E-state index < -0.39 is 5.60 Å². The predicted molar refractivity (Wildman–Crippen MR) is 74.7 cm³/mol. The molecule has 98 valence electrons. The van der Waals surface area contributed by atoms with Crippen LogP contribution in [-0.4, -0.2) is 20.3 Å². The number of aryl methyl sites for hydroxylation is 2. The second-order valence-corrected chi connectivity index (χ2v) is 5.23. The van der Waals surface area contributed by atoms with Crippen LogP contribution < -0.4 is 0 Å². The zero-order valence-electron chi connectivity index (χ0n) is 11.7. The Morgan fingerprint density at radius 2 is 1.78 bits per heavy atom. The molecule has 0 fully saturated rings. The smallest absolute Gasteiger partial charge is 0.0959 e. The van der Waals surface area contributed by atoms with E-state index in [1.807, 2.05) is 20.2 Å². The molecular formula is C15H22N2O. The van der Waals surface area contributed by atoms with Gasteiger partial charge in [-0.15, -0.1) is 0 Å². The van der Waals surface area contributed by atoms with Crippen molar-refractivity contribution < 1.29 is 5.11 Å². The lowest BCUT2D eigenvalue weighted by atomic mass is 9.97. The summed E-state index contributed by atoms with van der Waals surface area (Å²) in [6.07, 6.45) is 3.35. The number of aliphatic hydroxyl groups is 1. The summed E-state index contributed by atoms with van der Waals surface area (Å²) in [5.41, 5.74) is 4.01. The van der Waals surface area contributed by atoms with Gasteiger partial charge < -0.3 is 9.67 Å². The molecule has 0 bridgehead atoms. The lowest BCUT2D eigenvalue weighted by molar-refractivity contribution is 0.0161. The van der Waals surface area contributed by atoms with Gasteiger partial charge in [0.25, 0.3) is 0 Å². The highest BCUT2D eigenvalue weighted by Crippen LogP contribution is 2.23. The molecule has 0 unspecified atom stereocenters. The summed E-state index contributed by atoms with van der Waals surface area (Å²) < 4.78 is 2.06. The minimum atomic E-state index is -0.633. The van der Waals surface area contributed by atoms with E-state index in [4.69, 9.17) is 0 Å². The largest absolute Gasteiger partial charge is 0.388 e. The van der Waals surface area contributed by atoms with Gasteiger partial charge in [0, 0.05) is 0 Å². The van der Waals surface area contributed by atoms with Gasteiger partial charge in [-0.05, 0) is 49.9 Å². The summed E-state index contributed by atoms with van der Waals surface area (Å²) in [7, 11) is 0. The van der Waals surface area contributed by atoms with Gasteiger partial charge in [0.15, 0.2) is 0 Å². The van der Waals surface area contributed by atoms with E-state index in [9.17, 15) is 5.11 Å². The molecule has 3 nitrogen and oxygen atoms in total. The molecule has 0 aliphatic carbocycles. The van der Waals surface area contributed by atoms with E-state index in [0.717, 1.165) is 23.9 Å². The van der Waals surface area contributed by atoms with Crippen LogP contribution in [0.4, 0.5) is 0 Å². The summed E-state index contributed by atoms with van der Waals surface area (Å²) in [6, 6.07) is 4.27. The highest BCUT2D eigenvalue weighted by atomic mass is 16.3. The van der Waals surface area contributed by atoms with Crippen molar-refractivity contribution in [2.75, 3.05) is 0 Å². The summed E-state index contributed by atoms with van der Waals surface area (Å²) in [5, 5.41) is 10.4. The van der Waals surface area contributed by atoms with E-state index in [2.05, 4.69) is 35.5 Å². The molecule has 0 aliphatic heterocycles. The van der Waals surface area contributed by atoms with Crippen LogP contribution >= 0.6 is 0 Å². The molecule has 0 amide bonds. The monoisotopic (exact) mass is 246 g/mol. The number of nitrogens with zero attached hydrogens (tertiary/aromatic N) is 2. The van der Waals surface area contributed by atoms with Crippen molar-refractivity contribution in [3.63, 3.8) is 0 Å². The number of hydrogen-bond acceptors (Lipinski definition) is 2. The van der Waals surface area contributed by atoms with Crippen molar-refractivity contribution in [1.82, 2.24) is 9.55 Å². The fourth-order valence-electron chi connectivity index (χ4n) is 2.23. The van der Waals surface area contributed by atoms with Crippen LogP contribution in [0.5, 0.6) is 0 Å². The van der Waals surface area contributed by atoms with Gasteiger partial charge >= 0.3 is 0 Å². The predicted octanol–water partition coefficient (Wildman–Crippen LogP) is 3.20. The van der Waals surface area contributed by atoms with Gasteiger partial charge in [0.2, 0.25) is 0 Å². The van der Waals surface area contributed by atoms with Crippen LogP contribution in [-0.2, 0) is 6.54 Å². The molecule has 3 heteroatoms. The van der Waals surface area contributed by atoms with Crippen molar-refractivity contribution in [3.05, 3.63) is 29.6 Å². The number of imidazole rings is 1. The minimum absolute atomic E-state index is 0.610. The SMILES string of the molecule is CCC(O)(CC)Cn1cnc2cc(C)c(C)cc21. The zero-order valence-corrected chi connectivity index (χ0v) is 11.7. The van der Waals surface area contributed by atoms with Gasteiger partial charge in [-0.2, -0.15) is 0 Å². The highest BCUT2D eigenvalue weighted by molar-refractivity contribution is 5.77. The first-order valence-corrected chi connectivity index (χ1v) is 6.63. The van der Waals surface area contributed by atoms with Crippen LogP contribution in [0, 0.1) is 13.8 Å². The van der Waals surface area contributed by atoms with Gasteiger partial charge in [-0.25, -0.2) is 4.98 Å². The molecule has 1 aromatic carbocycles. The summed E-state index contributed by atoms with van der Waals surface area (Å²) in [6.45, 7) is 8.87. The first-order valence-electron chi connectivity index (χ1n) is 6.63. The molecule has 0 spiro atoms. The Bertz CT molecular complexity index is 553. The summed E-state index contributed by atoms with van der Waals surface area (Å²) in [4.78, 5) is 4.43. The summed E-state index contributed by atoms with van der Waals surface area (Å²) >= 11 is 0. The summed E-state index contributed by atoms with van der Waals surface area (Å²) in [5.74, 6) is 0. The molecule has 0 atom stereocenters. The molecule has 1 heterocycles. The average Bonchev–Trinajstić information content (AvgIpc) is 2.72. The van der Waals surface area contributed by atoms with Crippen LogP contribution in [0.2, 0.25) is 0 Å². The average molecular weight is 246 g/mol. The van der Waals surface area contributed by atoms with Gasteiger partial charge in [-0.1, -0.05) is 13.8 Å². The lowest BCUT2D eigenvalue weighted by Gasteiger charge is -2.25. The number of rotatable bonds is 4. The van der Waals surface area contributed by atoms with Crippen molar-refractivity contribution in [2.24, 2.45) is 0 Å². The third-order valence-electron chi connectivity index (χ3n) is 4.02. The Morgan fingerprint density at radius 1 is 1.17 bits per heavy atom. The topological polar surface area (TPSA) is 38.0 Å². The number of benzene rings is 1. The van der Waals surface area contributed by atoms with Crippen LogP contribution in [0.3, 0.4) is 0 Å². The molecule has 2 aromatic rings. The molecule has 0 radical (unpaired) electrons. The third kappa shape index (κ3) is 2.27. The molecule has 0 aliphatic rings. The molecule has 0 saturated carbocycles. The Kier molecular flexibility index (Phi) is 3.44. The third-order valence-corrected chi connectivity index (χ3v) is 4.02. The molecule has 2 rings (SSSR count). The first-order chi connectivity index (χ1) is 8.49. The van der Waals surface area contributed by atoms with Crippen LogP contribution in [0.1, 0.15) is 37.8 Å². The quantitative estimate of drug-likeness (QED) is 0.899. The van der Waals surface area contributed by atoms with Crippen molar-refractivity contribution in [3.8, 4) is 0 Å². The molecule has 0 saturated heterocycles. The molecular weight excluding hydrogens is 224 g/mol. The highest BCUT2D eigenvalue weighted by Gasteiger charge is 2.23. The first kappa shape index (κ1) is 13.1. The molecule has 18 heavy (non-hydrogen) atoms. The van der Waals surface area contributed by atoms with Gasteiger partial charge in [-0.3, -0.25) is 0 Å². The second-order valence-electron chi connectivity index (χ2n) is 5.23. The maximum atomic E-state index is 10.4. The fraction of sp³-hybridized carbons (Fsp3) is 0.533. The maximum Gasteiger partial charge on any atom is 0.0959 e. The Balaban J connectivity index is 2.43. The van der Waals surface area contributed by atoms with Crippen LogP contribution in [0.25, 0.3) is 11.0 Å². The molecule has 1 aromatic heterocycles. The zero-order chi connectivity index (χ0) is 13.3. The van der Waals surface area contributed by atoms with E-state index in [1.54, 1.807) is 0 Å². The van der Waals surface area contributed by atoms with Crippen molar-refractivity contribution in [1.29, 1.82) is 0 Å². The molecule has 1 N–H and O–H groups in total. The lowest BCUT2D eigenvalue weighted by Crippen LogP contribution is -2.32. The van der Waals surface area contributed by atoms with Gasteiger partial charge in [0.1, 0.15) is 0 Å². The number of fused-ring (bicyclic) bond motifs is 1. The van der Waals surface area contributed by atoms with E-state index in [0.29, 0.717) is 6.54 Å². The maximum absolute atomic E-state index is 10.4. The standard InChI is InChI=1S/C15H22N2O/c1-5-15(18,6-2)9-17-10-16-13-7-11(3)12(4)8-14(13)17/h7-8,10,18H,5-6,9H2,1-4H3. The van der Waals surface area contributed by atoms with E-state index in [-0.39, 0.29) is 0 Å². The minimum Gasteiger partial charge on any atom is -0.388 e. The van der Waals surface area contributed by atoms with E-state index in [1.165, 1.54) is 11.1 Å². The Labute approximate surface area is 108 Å². The van der Waals surface area contributed by atoms with Crippen LogP contribution in [0.15, 0.2) is 18.5 Å². The van der Waals surface area contributed by atoms with Crippen molar-refractivity contribution >= 4 is 11.0 Å². The normalized spacial score (nSPS) is 12.3. The Hall–Kier alpha value is -1.35. The fourth-order valence-corrected chi connectivity index (χ4v) is 2.23. The Morgan fingerprint density at radius 3 is 2.39 bits per heavy atom. The number of aromatic nitrogens is 2. The number of hydrogen-bond donors (Lipinski definition) is 1. The van der Waals surface area contributed by atoms with E-state index >= 15 is 0 Å². The van der Waals surface area contributed by atoms with Crippen molar-refractivity contribution in [2.45, 2.75) is 52.7 Å². The van der Waals surface area contributed by atoms with Gasteiger partial charge in [0.05, 0.1) is 29.5 Å². The second kappa shape index (κ2) is 4.73.